The zero-order valence-electron chi connectivity index (χ0n) is 8.51. The van der Waals surface area contributed by atoms with Gasteiger partial charge in [-0.05, 0) is 42.5 Å². The van der Waals surface area contributed by atoms with Gasteiger partial charge in [0.25, 0.3) is 0 Å². The van der Waals surface area contributed by atoms with Crippen molar-refractivity contribution in [3.63, 3.8) is 0 Å². The van der Waals surface area contributed by atoms with Crippen LogP contribution in [0.5, 0.6) is 0 Å². The summed E-state index contributed by atoms with van der Waals surface area (Å²) in [7, 11) is 0. The minimum atomic E-state index is -0.319. The molecule has 0 radical (unpaired) electrons. The maximum atomic E-state index is 11.7. The highest BCUT2D eigenvalue weighted by Crippen LogP contribution is 2.37. The zero-order valence-corrected chi connectivity index (χ0v) is 8.51. The highest BCUT2D eigenvalue weighted by molar-refractivity contribution is 6.02. The van der Waals surface area contributed by atoms with Gasteiger partial charge in [0.1, 0.15) is 0 Å². The topological polar surface area (TPSA) is 91.0 Å². The Bertz CT molecular complexity index is 486. The second-order valence-electron chi connectivity index (χ2n) is 3.99. The average Bonchev–Trinajstić information content (AvgIpc) is 2.71. The monoisotopic (exact) mass is 218 g/mol. The van der Waals surface area contributed by atoms with Crippen molar-refractivity contribution in [2.75, 3.05) is 10.2 Å². The number of nitrogens with two attached hydrogens (primary N) is 1. The van der Waals surface area contributed by atoms with Crippen LogP contribution in [0.2, 0.25) is 0 Å². The van der Waals surface area contributed by atoms with Crippen LogP contribution in [0, 0.1) is 10.4 Å². The van der Waals surface area contributed by atoms with Crippen molar-refractivity contribution in [3.8, 4) is 0 Å². The van der Waals surface area contributed by atoms with Gasteiger partial charge in [0.15, 0.2) is 0 Å². The van der Waals surface area contributed by atoms with Crippen LogP contribution in [-0.4, -0.2) is 5.96 Å². The summed E-state index contributed by atoms with van der Waals surface area (Å²) in [5, 5.41) is 27.5. The van der Waals surface area contributed by atoms with E-state index in [4.69, 9.17) is 5.73 Å². The highest BCUT2D eigenvalue weighted by Gasteiger charge is 2.19. The third-order valence-electron chi connectivity index (χ3n) is 3.02. The Morgan fingerprint density at radius 3 is 2.44 bits per heavy atom. The molecule has 1 aromatic rings. The second-order valence-corrected chi connectivity index (χ2v) is 3.99. The number of guanidine groups is 1. The van der Waals surface area contributed by atoms with E-state index in [0.717, 1.165) is 30.4 Å². The Morgan fingerprint density at radius 1 is 1.12 bits per heavy atom. The molecule has 1 aromatic carbocycles. The summed E-state index contributed by atoms with van der Waals surface area (Å²) in [6.07, 6.45) is 2.97. The summed E-state index contributed by atoms with van der Waals surface area (Å²) >= 11 is 0. The molecule has 0 bridgehead atoms. The molecule has 2 aliphatic rings. The van der Waals surface area contributed by atoms with Gasteiger partial charge >= 0.3 is 0 Å². The summed E-state index contributed by atoms with van der Waals surface area (Å²) < 4.78 is 0. The Labute approximate surface area is 92.1 Å². The highest BCUT2D eigenvalue weighted by atomic mass is 16.5. The lowest BCUT2D eigenvalue weighted by Crippen LogP contribution is -2.38. The molecule has 0 fully saturated rings. The van der Waals surface area contributed by atoms with E-state index < -0.39 is 0 Å². The summed E-state index contributed by atoms with van der Waals surface area (Å²) in [4.78, 5) is 0. The average molecular weight is 218 g/mol. The lowest BCUT2D eigenvalue weighted by atomic mass is 10.1. The van der Waals surface area contributed by atoms with Gasteiger partial charge in [-0.15, -0.1) is 5.10 Å². The predicted molar refractivity (Wildman–Crippen MR) is 61.8 cm³/mol. The van der Waals surface area contributed by atoms with Gasteiger partial charge in [0, 0.05) is 0 Å². The predicted octanol–water partition coefficient (Wildman–Crippen LogP) is 1.03. The van der Waals surface area contributed by atoms with Gasteiger partial charge in [-0.25, -0.2) is 0 Å². The minimum absolute atomic E-state index is 0.282. The number of hydrogen-bond acceptors (Lipinski definition) is 6. The lowest BCUT2D eigenvalue weighted by molar-refractivity contribution is 0.911. The number of hydrazone groups is 1. The third kappa shape index (κ3) is 1.17. The molecule has 0 spiro atoms. The number of nitrogens with zero attached hydrogens (tertiary/aromatic N) is 3. The summed E-state index contributed by atoms with van der Waals surface area (Å²) in [5.74, 6) is -0.319. The van der Waals surface area contributed by atoms with E-state index in [1.54, 1.807) is 12.1 Å². The maximum absolute atomic E-state index is 11.7. The van der Waals surface area contributed by atoms with Gasteiger partial charge in [-0.1, -0.05) is 0 Å². The lowest BCUT2D eigenvalue weighted by Gasteiger charge is -2.41. The zero-order chi connectivity index (χ0) is 11.3. The van der Waals surface area contributed by atoms with E-state index in [1.807, 2.05) is 0 Å². The van der Waals surface area contributed by atoms with Gasteiger partial charge in [-0.3, -0.25) is 0 Å². The van der Waals surface area contributed by atoms with E-state index in [-0.39, 0.29) is 11.6 Å². The molecule has 0 unspecified atom stereocenters. The number of fused-ring (bicyclic) bond motifs is 2. The van der Waals surface area contributed by atoms with Crippen LogP contribution in [-0.2, 0) is 12.8 Å². The molecule has 2 N–H and O–H groups in total. The van der Waals surface area contributed by atoms with Gasteiger partial charge in [-0.2, -0.15) is 0 Å². The first kappa shape index (κ1) is 9.44. The molecule has 0 amide bonds. The molecule has 0 aromatic heterocycles. The molecule has 0 atom stereocenters. The van der Waals surface area contributed by atoms with Crippen LogP contribution in [0.1, 0.15) is 17.5 Å². The quantitative estimate of drug-likeness (QED) is 0.702. The molecular weight excluding hydrogens is 208 g/mol. The van der Waals surface area contributed by atoms with Crippen LogP contribution in [0.25, 0.3) is 0 Å². The standard InChI is InChI=1S/C10H10N4O2/c11-10-12-14(16)9-5-7-3-1-2-6(7)4-8(9)13(10)15/h4-5H,1-3H2,(H2,11,12)/q-2. The van der Waals surface area contributed by atoms with E-state index in [2.05, 4.69) is 5.10 Å². The molecule has 6 nitrogen and oxygen atoms in total. The van der Waals surface area contributed by atoms with Crippen molar-refractivity contribution in [1.82, 2.24) is 0 Å². The Hall–Kier alpha value is -1.79. The normalized spacial score (nSPS) is 18.2. The number of hydrogen-bond donors (Lipinski definition) is 1. The number of hydroxylamine groups is 1. The number of rotatable bonds is 0. The van der Waals surface area contributed by atoms with Gasteiger partial charge < -0.3 is 26.4 Å². The first-order valence-corrected chi connectivity index (χ1v) is 5.11. The van der Waals surface area contributed by atoms with E-state index >= 15 is 0 Å². The Kier molecular flexibility index (Phi) is 1.83. The van der Waals surface area contributed by atoms with Crippen LogP contribution in [0.15, 0.2) is 17.2 Å². The summed E-state index contributed by atoms with van der Waals surface area (Å²) in [6.45, 7) is 0. The molecule has 1 aliphatic heterocycles. The van der Waals surface area contributed by atoms with Crippen LogP contribution >= 0.6 is 0 Å². The van der Waals surface area contributed by atoms with E-state index in [1.165, 1.54) is 0 Å². The molecule has 6 heteroatoms. The molecule has 3 rings (SSSR count). The Balaban J connectivity index is 2.17. The first-order chi connectivity index (χ1) is 7.66. The molecule has 84 valence electrons. The van der Waals surface area contributed by atoms with Crippen LogP contribution in [0.3, 0.4) is 0 Å². The SMILES string of the molecule is NC1=NN([O-])c2cc3c(cc2N1[O-])CCC3. The second kappa shape index (κ2) is 3.10. The fraction of sp³-hybridized carbons (Fsp3) is 0.300. The number of aryl methyl sites for hydroxylation is 2. The Morgan fingerprint density at radius 2 is 1.75 bits per heavy atom. The van der Waals surface area contributed by atoms with Gasteiger partial charge in [0.05, 0.1) is 11.4 Å². The van der Waals surface area contributed by atoms with Crippen molar-refractivity contribution in [2.24, 2.45) is 10.8 Å². The van der Waals surface area contributed by atoms with Crippen LogP contribution in [0.4, 0.5) is 11.4 Å². The molecule has 1 heterocycles. The van der Waals surface area contributed by atoms with Crippen LogP contribution < -0.4 is 16.0 Å². The first-order valence-electron chi connectivity index (χ1n) is 5.11. The largest absolute Gasteiger partial charge is 0.752 e. The smallest absolute Gasteiger partial charge is 0.207 e. The van der Waals surface area contributed by atoms with Gasteiger partial charge in [0.2, 0.25) is 5.96 Å². The number of benzene rings is 1. The van der Waals surface area contributed by atoms with E-state index in [0.29, 0.717) is 15.9 Å². The van der Waals surface area contributed by atoms with Crippen molar-refractivity contribution >= 4 is 17.3 Å². The maximum Gasteiger partial charge on any atom is 0.207 e. The molecule has 16 heavy (non-hydrogen) atoms. The van der Waals surface area contributed by atoms with Crippen molar-refractivity contribution in [2.45, 2.75) is 19.3 Å². The molecule has 1 aliphatic carbocycles. The van der Waals surface area contributed by atoms with Crippen molar-refractivity contribution in [1.29, 1.82) is 0 Å². The number of anilines is 2. The fourth-order valence-electron chi connectivity index (χ4n) is 2.22. The fourth-order valence-corrected chi connectivity index (χ4v) is 2.22. The van der Waals surface area contributed by atoms with Crippen molar-refractivity contribution in [3.05, 3.63) is 33.7 Å². The molecule has 0 saturated heterocycles. The summed E-state index contributed by atoms with van der Waals surface area (Å²) in [6, 6.07) is 3.49. The van der Waals surface area contributed by atoms with Crippen molar-refractivity contribution < 1.29 is 0 Å². The third-order valence-corrected chi connectivity index (χ3v) is 3.02. The molecule has 0 saturated carbocycles. The summed E-state index contributed by atoms with van der Waals surface area (Å²) in [5.41, 5.74) is 8.18. The molecular formula is C10H10N4O2-2. The van der Waals surface area contributed by atoms with E-state index in [9.17, 15) is 10.4 Å². The minimum Gasteiger partial charge on any atom is -0.752 e.